The molecule has 0 bridgehead atoms. The quantitative estimate of drug-likeness (QED) is 0.865. The molecule has 0 spiro atoms. The second kappa shape index (κ2) is 7.07. The van der Waals surface area contributed by atoms with Crippen LogP contribution in [0.5, 0.6) is 0 Å². The zero-order valence-corrected chi connectivity index (χ0v) is 13.6. The lowest BCUT2D eigenvalue weighted by atomic mass is 10.1. The summed E-state index contributed by atoms with van der Waals surface area (Å²) in [6.45, 7) is 2.44. The number of hydrogen-bond acceptors (Lipinski definition) is 6. The highest BCUT2D eigenvalue weighted by Crippen LogP contribution is 2.18. The Morgan fingerprint density at radius 1 is 1.46 bits per heavy atom. The Hall–Kier alpha value is -2.97. The molecule has 2 aromatic rings. The number of tetrazole rings is 1. The van der Waals surface area contributed by atoms with E-state index in [1.165, 1.54) is 4.80 Å². The first-order valence-electron chi connectivity index (χ1n) is 7.75. The lowest BCUT2D eigenvalue weighted by Crippen LogP contribution is -2.35. The van der Waals surface area contributed by atoms with Gasteiger partial charge in [0.05, 0.1) is 19.3 Å². The highest BCUT2D eigenvalue weighted by molar-refractivity contribution is 5.90. The van der Waals surface area contributed by atoms with Gasteiger partial charge in [-0.3, -0.25) is 0 Å². The van der Waals surface area contributed by atoms with Gasteiger partial charge >= 0.3 is 6.03 Å². The maximum Gasteiger partial charge on any atom is 0.319 e. The largest absolute Gasteiger partial charge is 0.390 e. The summed E-state index contributed by atoms with van der Waals surface area (Å²) in [7, 11) is 1.70. The number of carbonyl (C=O) groups excluding carboxylic acids is 1. The van der Waals surface area contributed by atoms with Crippen molar-refractivity contribution in [2.24, 2.45) is 12.2 Å². The predicted octanol–water partition coefficient (Wildman–Crippen LogP) is 1.55. The first-order valence-corrected chi connectivity index (χ1v) is 7.75. The number of rotatable bonds is 5. The van der Waals surface area contributed by atoms with E-state index < -0.39 is 0 Å². The van der Waals surface area contributed by atoms with Crippen molar-refractivity contribution in [2.75, 3.05) is 11.9 Å². The Balaban J connectivity index is 1.53. The molecule has 0 unspecified atom stereocenters. The average Bonchev–Trinajstić information content (AvgIpc) is 3.22. The minimum atomic E-state index is -0.298. The molecule has 0 radical (unpaired) electrons. The molecule has 0 saturated heterocycles. The standard InChI is InChI=1S/C15H19N7O2/c1-3-11-8-13(24-20-11)9-16-15(23)17-12-6-4-5-10(7-12)14-18-21-22(2)19-14/h4-7,13H,3,8-9H2,1-2H3,(H2,16,17,23)/t13-/m1/s1. The van der Waals surface area contributed by atoms with Gasteiger partial charge in [0.25, 0.3) is 0 Å². The van der Waals surface area contributed by atoms with Crippen molar-refractivity contribution in [2.45, 2.75) is 25.9 Å². The monoisotopic (exact) mass is 329 g/mol. The van der Waals surface area contributed by atoms with Gasteiger partial charge in [0.1, 0.15) is 6.10 Å². The van der Waals surface area contributed by atoms with Crippen molar-refractivity contribution in [1.82, 2.24) is 25.5 Å². The van der Waals surface area contributed by atoms with E-state index >= 15 is 0 Å². The number of urea groups is 1. The summed E-state index contributed by atoms with van der Waals surface area (Å²) >= 11 is 0. The second-order valence-corrected chi connectivity index (χ2v) is 5.46. The number of nitrogens with one attached hydrogen (secondary N) is 2. The molecule has 9 heteroatoms. The molecule has 1 atom stereocenters. The van der Waals surface area contributed by atoms with Gasteiger partial charge in [0, 0.05) is 17.7 Å². The summed E-state index contributed by atoms with van der Waals surface area (Å²) in [5.41, 5.74) is 2.45. The number of aryl methyl sites for hydroxylation is 1. The summed E-state index contributed by atoms with van der Waals surface area (Å²) in [6.07, 6.45) is 1.53. The zero-order chi connectivity index (χ0) is 16.9. The summed E-state index contributed by atoms with van der Waals surface area (Å²) in [6, 6.07) is 6.97. The third-order valence-electron chi connectivity index (χ3n) is 3.58. The Kier molecular flexibility index (Phi) is 4.69. The Morgan fingerprint density at radius 2 is 2.33 bits per heavy atom. The summed E-state index contributed by atoms with van der Waals surface area (Å²) in [5.74, 6) is 0.505. The molecule has 2 amide bonds. The number of anilines is 1. The van der Waals surface area contributed by atoms with Crippen LogP contribution in [0.15, 0.2) is 29.4 Å². The number of hydrogen-bond donors (Lipinski definition) is 2. The van der Waals surface area contributed by atoms with Gasteiger partial charge in [-0.1, -0.05) is 24.2 Å². The number of benzene rings is 1. The highest BCUT2D eigenvalue weighted by atomic mass is 16.6. The van der Waals surface area contributed by atoms with Crippen LogP contribution in [0, 0.1) is 0 Å². The van der Waals surface area contributed by atoms with Crippen molar-refractivity contribution < 1.29 is 9.63 Å². The van der Waals surface area contributed by atoms with Crippen LogP contribution in [0.25, 0.3) is 11.4 Å². The van der Waals surface area contributed by atoms with E-state index in [0.29, 0.717) is 18.1 Å². The van der Waals surface area contributed by atoms with E-state index in [9.17, 15) is 4.79 Å². The molecule has 0 saturated carbocycles. The summed E-state index contributed by atoms with van der Waals surface area (Å²) in [4.78, 5) is 18.7. The van der Waals surface area contributed by atoms with Gasteiger partial charge in [-0.05, 0) is 23.8 Å². The molecular weight excluding hydrogens is 310 g/mol. The lowest BCUT2D eigenvalue weighted by Gasteiger charge is -2.11. The fourth-order valence-electron chi connectivity index (χ4n) is 2.32. The van der Waals surface area contributed by atoms with Gasteiger partial charge in [0.2, 0.25) is 5.82 Å². The number of carbonyl (C=O) groups is 1. The third kappa shape index (κ3) is 3.86. The normalized spacial score (nSPS) is 16.4. The van der Waals surface area contributed by atoms with Crippen molar-refractivity contribution in [3.8, 4) is 11.4 Å². The van der Waals surface area contributed by atoms with Crippen LogP contribution >= 0.6 is 0 Å². The molecule has 9 nitrogen and oxygen atoms in total. The Labute approximate surface area is 139 Å². The lowest BCUT2D eigenvalue weighted by molar-refractivity contribution is 0.0870. The fourth-order valence-corrected chi connectivity index (χ4v) is 2.32. The molecule has 1 aliphatic heterocycles. The maximum absolute atomic E-state index is 12.0. The van der Waals surface area contributed by atoms with E-state index in [1.54, 1.807) is 19.2 Å². The number of oxime groups is 1. The van der Waals surface area contributed by atoms with Crippen LogP contribution in [-0.2, 0) is 11.9 Å². The first-order chi connectivity index (χ1) is 11.6. The number of aromatic nitrogens is 4. The number of nitrogens with zero attached hydrogens (tertiary/aromatic N) is 5. The second-order valence-electron chi connectivity index (χ2n) is 5.46. The molecular formula is C15H19N7O2. The maximum atomic E-state index is 12.0. The minimum absolute atomic E-state index is 0.0965. The molecule has 1 aromatic heterocycles. The van der Waals surface area contributed by atoms with Gasteiger partial charge in [0.15, 0.2) is 0 Å². The van der Waals surface area contributed by atoms with E-state index in [4.69, 9.17) is 4.84 Å². The van der Waals surface area contributed by atoms with Gasteiger partial charge in [-0.25, -0.2) is 4.79 Å². The Morgan fingerprint density at radius 3 is 3.04 bits per heavy atom. The van der Waals surface area contributed by atoms with Gasteiger partial charge < -0.3 is 15.5 Å². The first kappa shape index (κ1) is 15.9. The Bertz CT molecular complexity index is 756. The molecule has 1 aromatic carbocycles. The van der Waals surface area contributed by atoms with Crippen molar-refractivity contribution in [1.29, 1.82) is 0 Å². The number of amides is 2. The average molecular weight is 329 g/mol. The molecule has 2 N–H and O–H groups in total. The third-order valence-corrected chi connectivity index (χ3v) is 3.58. The SMILES string of the molecule is CCC1=NO[C@@H](CNC(=O)Nc2cccc(-c3nnn(C)n3)c2)C1. The molecule has 0 fully saturated rings. The van der Waals surface area contributed by atoms with Crippen LogP contribution in [0.4, 0.5) is 10.5 Å². The van der Waals surface area contributed by atoms with Crippen LogP contribution in [0.2, 0.25) is 0 Å². The smallest absolute Gasteiger partial charge is 0.319 e. The van der Waals surface area contributed by atoms with Gasteiger partial charge in [-0.15, -0.1) is 10.2 Å². The molecule has 2 heterocycles. The molecule has 3 rings (SSSR count). The van der Waals surface area contributed by atoms with Crippen LogP contribution in [-0.4, -0.2) is 44.6 Å². The molecule has 0 aliphatic carbocycles. The molecule has 1 aliphatic rings. The topological polar surface area (TPSA) is 106 Å². The zero-order valence-electron chi connectivity index (χ0n) is 13.6. The van der Waals surface area contributed by atoms with Crippen LogP contribution < -0.4 is 10.6 Å². The highest BCUT2D eigenvalue weighted by Gasteiger charge is 2.20. The van der Waals surface area contributed by atoms with Gasteiger partial charge in [-0.2, -0.15) is 4.80 Å². The van der Waals surface area contributed by atoms with Crippen molar-refractivity contribution in [3.63, 3.8) is 0 Å². The predicted molar refractivity (Wildman–Crippen MR) is 88.5 cm³/mol. The molecule has 126 valence electrons. The minimum Gasteiger partial charge on any atom is -0.390 e. The van der Waals surface area contributed by atoms with E-state index in [0.717, 1.165) is 24.1 Å². The van der Waals surface area contributed by atoms with Crippen molar-refractivity contribution in [3.05, 3.63) is 24.3 Å². The summed E-state index contributed by atoms with van der Waals surface area (Å²) in [5, 5.41) is 21.4. The van der Waals surface area contributed by atoms with Crippen molar-refractivity contribution >= 4 is 17.4 Å². The van der Waals surface area contributed by atoms with E-state index in [2.05, 4.69) is 31.2 Å². The van der Waals surface area contributed by atoms with E-state index in [1.807, 2.05) is 19.1 Å². The molecule has 24 heavy (non-hydrogen) atoms. The van der Waals surface area contributed by atoms with E-state index in [-0.39, 0.29) is 12.1 Å². The van der Waals surface area contributed by atoms with Crippen LogP contribution in [0.1, 0.15) is 19.8 Å². The fraction of sp³-hybridized carbons (Fsp3) is 0.400. The summed E-state index contributed by atoms with van der Waals surface area (Å²) < 4.78 is 0. The van der Waals surface area contributed by atoms with Crippen LogP contribution in [0.3, 0.4) is 0 Å².